The standard InChI is InChI=1S/C10H6O2/c1-2-7-3-4-8-6-12-10(11)9(8)5-7/h1,3-5H,6H2. The van der Waals surface area contributed by atoms with Crippen molar-refractivity contribution in [2.45, 2.75) is 6.61 Å². The fraction of sp³-hybridized carbons (Fsp3) is 0.100. The summed E-state index contributed by atoms with van der Waals surface area (Å²) in [6.07, 6.45) is 5.19. The molecule has 1 aromatic carbocycles. The van der Waals surface area contributed by atoms with Crippen molar-refractivity contribution < 1.29 is 9.53 Å². The highest BCUT2D eigenvalue weighted by molar-refractivity contribution is 5.93. The van der Waals surface area contributed by atoms with Crippen LogP contribution in [0.1, 0.15) is 21.5 Å². The molecule has 0 unspecified atom stereocenters. The van der Waals surface area contributed by atoms with Crippen molar-refractivity contribution in [3.8, 4) is 12.3 Å². The third-order valence-corrected chi connectivity index (χ3v) is 1.86. The lowest BCUT2D eigenvalue weighted by Crippen LogP contribution is -1.93. The molecule has 1 heterocycles. The first kappa shape index (κ1) is 6.93. The van der Waals surface area contributed by atoms with Gasteiger partial charge in [0, 0.05) is 11.1 Å². The molecule has 12 heavy (non-hydrogen) atoms. The van der Waals surface area contributed by atoms with E-state index in [9.17, 15) is 4.79 Å². The van der Waals surface area contributed by atoms with Crippen molar-refractivity contribution >= 4 is 5.97 Å². The summed E-state index contributed by atoms with van der Waals surface area (Å²) in [5.74, 6) is 2.19. The Hall–Kier alpha value is -1.75. The van der Waals surface area contributed by atoms with E-state index in [2.05, 4.69) is 5.92 Å². The summed E-state index contributed by atoms with van der Waals surface area (Å²) in [7, 11) is 0. The van der Waals surface area contributed by atoms with Gasteiger partial charge in [0.2, 0.25) is 0 Å². The van der Waals surface area contributed by atoms with Crippen LogP contribution in [0.15, 0.2) is 18.2 Å². The number of benzene rings is 1. The number of rotatable bonds is 0. The number of terminal acetylenes is 1. The van der Waals surface area contributed by atoms with Gasteiger partial charge in [0.1, 0.15) is 6.61 Å². The molecule has 0 aromatic heterocycles. The van der Waals surface area contributed by atoms with Gasteiger partial charge in [0.25, 0.3) is 0 Å². The second-order valence-electron chi connectivity index (χ2n) is 2.59. The molecule has 0 saturated heterocycles. The van der Waals surface area contributed by atoms with Crippen molar-refractivity contribution in [2.75, 3.05) is 0 Å². The first-order valence-corrected chi connectivity index (χ1v) is 3.58. The van der Waals surface area contributed by atoms with Crippen LogP contribution in [0, 0.1) is 12.3 Å². The lowest BCUT2D eigenvalue weighted by Gasteiger charge is -1.93. The highest BCUT2D eigenvalue weighted by atomic mass is 16.5. The van der Waals surface area contributed by atoms with E-state index < -0.39 is 0 Å². The van der Waals surface area contributed by atoms with Crippen LogP contribution < -0.4 is 0 Å². The van der Waals surface area contributed by atoms with Crippen molar-refractivity contribution in [1.82, 2.24) is 0 Å². The molecule has 1 aromatic rings. The highest BCUT2D eigenvalue weighted by Gasteiger charge is 2.20. The first-order valence-electron chi connectivity index (χ1n) is 3.58. The minimum atomic E-state index is -0.276. The molecule has 58 valence electrons. The zero-order valence-electron chi connectivity index (χ0n) is 6.33. The van der Waals surface area contributed by atoms with Crippen LogP contribution in [0.25, 0.3) is 0 Å². The molecule has 0 radical (unpaired) electrons. The van der Waals surface area contributed by atoms with Crippen molar-refractivity contribution in [3.05, 3.63) is 34.9 Å². The minimum Gasteiger partial charge on any atom is -0.457 e. The van der Waals surface area contributed by atoms with E-state index in [0.29, 0.717) is 17.7 Å². The third-order valence-electron chi connectivity index (χ3n) is 1.86. The van der Waals surface area contributed by atoms with Gasteiger partial charge in [-0.2, -0.15) is 0 Å². The monoisotopic (exact) mass is 158 g/mol. The summed E-state index contributed by atoms with van der Waals surface area (Å²) < 4.78 is 4.82. The Kier molecular flexibility index (Phi) is 1.38. The quantitative estimate of drug-likeness (QED) is 0.420. The Bertz CT molecular complexity index is 385. The molecule has 1 aliphatic rings. The van der Waals surface area contributed by atoms with Gasteiger partial charge in [-0.25, -0.2) is 4.79 Å². The van der Waals surface area contributed by atoms with E-state index in [1.807, 2.05) is 6.07 Å². The zero-order chi connectivity index (χ0) is 8.55. The maximum atomic E-state index is 11.0. The Labute approximate surface area is 70.2 Å². The molecule has 1 aliphatic heterocycles. The number of esters is 1. The van der Waals surface area contributed by atoms with Gasteiger partial charge < -0.3 is 4.74 Å². The Morgan fingerprint density at radius 3 is 3.08 bits per heavy atom. The van der Waals surface area contributed by atoms with Gasteiger partial charge >= 0.3 is 5.97 Å². The number of cyclic esters (lactones) is 1. The average Bonchev–Trinajstić information content (AvgIpc) is 2.47. The van der Waals surface area contributed by atoms with Crippen LogP contribution in [0.4, 0.5) is 0 Å². The number of fused-ring (bicyclic) bond motifs is 1. The maximum Gasteiger partial charge on any atom is 0.338 e. The van der Waals surface area contributed by atoms with Crippen LogP contribution in [-0.2, 0) is 11.3 Å². The minimum absolute atomic E-state index is 0.276. The topological polar surface area (TPSA) is 26.3 Å². The largest absolute Gasteiger partial charge is 0.457 e. The normalized spacial score (nSPS) is 13.4. The first-order chi connectivity index (χ1) is 5.81. The lowest BCUT2D eigenvalue weighted by atomic mass is 10.1. The number of hydrogen-bond donors (Lipinski definition) is 0. The molecule has 0 aliphatic carbocycles. The maximum absolute atomic E-state index is 11.0. The van der Waals surface area contributed by atoms with Crippen LogP contribution in [0.2, 0.25) is 0 Å². The summed E-state index contributed by atoms with van der Waals surface area (Å²) in [5.41, 5.74) is 2.23. The fourth-order valence-corrected chi connectivity index (χ4v) is 1.20. The molecular formula is C10H6O2. The molecule has 0 spiro atoms. The second-order valence-corrected chi connectivity index (χ2v) is 2.59. The summed E-state index contributed by atoms with van der Waals surface area (Å²) in [6.45, 7) is 0.374. The molecule has 0 bridgehead atoms. The average molecular weight is 158 g/mol. The molecule has 2 heteroatoms. The van der Waals surface area contributed by atoms with E-state index >= 15 is 0 Å². The zero-order valence-corrected chi connectivity index (χ0v) is 6.33. The lowest BCUT2D eigenvalue weighted by molar-refractivity contribution is 0.0535. The van der Waals surface area contributed by atoms with E-state index in [-0.39, 0.29) is 5.97 Å². The van der Waals surface area contributed by atoms with E-state index in [4.69, 9.17) is 11.2 Å². The Balaban J connectivity index is 2.59. The molecule has 0 saturated carbocycles. The second kappa shape index (κ2) is 2.38. The van der Waals surface area contributed by atoms with Crippen molar-refractivity contribution in [2.24, 2.45) is 0 Å². The molecule has 0 atom stereocenters. The van der Waals surface area contributed by atoms with Gasteiger partial charge in [0.15, 0.2) is 0 Å². The molecule has 0 fully saturated rings. The Morgan fingerprint density at radius 2 is 2.33 bits per heavy atom. The number of carbonyl (C=O) groups excluding carboxylic acids is 1. The van der Waals surface area contributed by atoms with Gasteiger partial charge in [-0.05, 0) is 12.1 Å². The Morgan fingerprint density at radius 1 is 1.50 bits per heavy atom. The van der Waals surface area contributed by atoms with E-state index in [1.54, 1.807) is 12.1 Å². The van der Waals surface area contributed by atoms with Crippen LogP contribution in [0.3, 0.4) is 0 Å². The SMILES string of the molecule is C#Cc1ccc2c(c1)C(=O)OC2. The molecule has 0 N–H and O–H groups in total. The van der Waals surface area contributed by atoms with Gasteiger partial charge in [0.05, 0.1) is 5.56 Å². The van der Waals surface area contributed by atoms with E-state index in [1.165, 1.54) is 0 Å². The summed E-state index contributed by atoms with van der Waals surface area (Å²) in [4.78, 5) is 11.0. The third kappa shape index (κ3) is 0.876. The predicted molar refractivity (Wildman–Crippen MR) is 43.5 cm³/mol. The van der Waals surface area contributed by atoms with E-state index in [0.717, 1.165) is 5.56 Å². The van der Waals surface area contributed by atoms with Gasteiger partial charge in [-0.15, -0.1) is 6.42 Å². The van der Waals surface area contributed by atoms with Crippen molar-refractivity contribution in [1.29, 1.82) is 0 Å². The summed E-state index contributed by atoms with van der Waals surface area (Å²) in [5, 5.41) is 0. The number of carbonyl (C=O) groups is 1. The predicted octanol–water partition coefficient (Wildman–Crippen LogP) is 1.34. The smallest absolute Gasteiger partial charge is 0.338 e. The van der Waals surface area contributed by atoms with Crippen LogP contribution in [0.5, 0.6) is 0 Å². The van der Waals surface area contributed by atoms with Crippen LogP contribution >= 0.6 is 0 Å². The molecule has 2 nitrogen and oxygen atoms in total. The summed E-state index contributed by atoms with van der Waals surface area (Å²) >= 11 is 0. The molecule has 0 amide bonds. The van der Waals surface area contributed by atoms with Gasteiger partial charge in [-0.3, -0.25) is 0 Å². The fourth-order valence-electron chi connectivity index (χ4n) is 1.20. The number of ether oxygens (including phenoxy) is 1. The highest BCUT2D eigenvalue weighted by Crippen LogP contribution is 2.20. The van der Waals surface area contributed by atoms with Crippen LogP contribution in [-0.4, -0.2) is 5.97 Å². The molecule has 2 rings (SSSR count). The number of hydrogen-bond acceptors (Lipinski definition) is 2. The summed E-state index contributed by atoms with van der Waals surface area (Å²) in [6, 6.07) is 5.32. The van der Waals surface area contributed by atoms with Gasteiger partial charge in [-0.1, -0.05) is 12.0 Å². The van der Waals surface area contributed by atoms with Crippen molar-refractivity contribution in [3.63, 3.8) is 0 Å². The molecular weight excluding hydrogens is 152 g/mol.